The van der Waals surface area contributed by atoms with Gasteiger partial charge in [-0.1, -0.05) is 53.7 Å². The Morgan fingerprint density at radius 1 is 0.500 bits per heavy atom. The van der Waals surface area contributed by atoms with Crippen molar-refractivity contribution in [3.05, 3.63) is 57.9 Å². The highest BCUT2D eigenvalue weighted by Gasteiger charge is 2.30. The summed E-state index contributed by atoms with van der Waals surface area (Å²) in [5.41, 5.74) is 1.37. The maximum absolute atomic E-state index is 14.5. The average Bonchev–Trinajstić information content (AvgIpc) is 2.57. The van der Waals surface area contributed by atoms with Crippen molar-refractivity contribution in [2.45, 2.75) is 59.3 Å². The minimum absolute atomic E-state index is 0.104. The summed E-state index contributed by atoms with van der Waals surface area (Å²) in [7, 11) is 0. The molecule has 2 aromatic carbocycles. The van der Waals surface area contributed by atoms with Crippen LogP contribution in [0.3, 0.4) is 0 Å². The van der Waals surface area contributed by atoms with Crippen molar-refractivity contribution < 1.29 is 22.0 Å². The van der Waals surface area contributed by atoms with E-state index in [2.05, 4.69) is 0 Å². The minimum atomic E-state index is -2.14. The monoisotopic (exact) mass is 370 g/mol. The Hall–Kier alpha value is -1.91. The second kappa shape index (κ2) is 7.37. The predicted molar refractivity (Wildman–Crippen MR) is 93.9 cm³/mol. The lowest BCUT2D eigenvalue weighted by Crippen LogP contribution is -2.09. The molecule has 0 atom stereocenters. The van der Waals surface area contributed by atoms with Crippen LogP contribution in [0.25, 0.3) is 11.1 Å². The molecule has 0 nitrogen and oxygen atoms in total. The maximum Gasteiger partial charge on any atom is 0.200 e. The summed E-state index contributed by atoms with van der Waals surface area (Å²) in [6, 6.07) is 3.60. The molecule has 142 valence electrons. The van der Waals surface area contributed by atoms with Gasteiger partial charge in [0.1, 0.15) is 0 Å². The second-order valence-corrected chi connectivity index (χ2v) is 7.48. The Morgan fingerprint density at radius 2 is 0.846 bits per heavy atom. The van der Waals surface area contributed by atoms with Crippen molar-refractivity contribution >= 4 is 0 Å². The number of hydrogen-bond donors (Lipinski definition) is 0. The van der Waals surface area contributed by atoms with E-state index < -0.39 is 34.6 Å². The van der Waals surface area contributed by atoms with E-state index in [1.165, 1.54) is 0 Å². The lowest BCUT2D eigenvalue weighted by atomic mass is 9.81. The standard InChI is InChI=1S/C21H23F5/c1-9(2)12-7-13(10(3)4)15(14(8-12)11(5)6)16-17(22)19(24)21(26)20(25)18(16)23/h7-11H,1-6H3. The van der Waals surface area contributed by atoms with Crippen molar-refractivity contribution in [1.82, 2.24) is 0 Å². The summed E-state index contributed by atoms with van der Waals surface area (Å²) >= 11 is 0. The quantitative estimate of drug-likeness (QED) is 0.298. The molecule has 0 aliphatic carbocycles. The lowest BCUT2D eigenvalue weighted by molar-refractivity contribution is 0.381. The Morgan fingerprint density at radius 3 is 1.15 bits per heavy atom. The van der Waals surface area contributed by atoms with Crippen molar-refractivity contribution in [1.29, 1.82) is 0 Å². The molecule has 0 spiro atoms. The van der Waals surface area contributed by atoms with Crippen LogP contribution in [0.5, 0.6) is 0 Å². The van der Waals surface area contributed by atoms with Crippen molar-refractivity contribution in [3.63, 3.8) is 0 Å². The zero-order valence-corrected chi connectivity index (χ0v) is 15.8. The summed E-state index contributed by atoms with van der Waals surface area (Å²) in [5.74, 6) is -9.71. The SMILES string of the molecule is CC(C)c1cc(C(C)C)c(-c2c(F)c(F)c(F)c(F)c2F)c(C(C)C)c1. The smallest absolute Gasteiger partial charge is 0.200 e. The van der Waals surface area contributed by atoms with E-state index in [9.17, 15) is 22.0 Å². The fourth-order valence-electron chi connectivity index (χ4n) is 3.07. The first kappa shape index (κ1) is 20.4. The van der Waals surface area contributed by atoms with E-state index in [0.717, 1.165) is 5.56 Å². The third-order valence-electron chi connectivity index (χ3n) is 4.59. The molecule has 0 aliphatic rings. The average molecular weight is 370 g/mol. The Balaban J connectivity index is 3.03. The van der Waals surface area contributed by atoms with Crippen LogP contribution in [0.1, 0.15) is 76.0 Å². The summed E-state index contributed by atoms with van der Waals surface area (Å²) < 4.78 is 70.1. The zero-order valence-electron chi connectivity index (χ0n) is 15.8. The highest BCUT2D eigenvalue weighted by atomic mass is 19.2. The van der Waals surface area contributed by atoms with E-state index in [4.69, 9.17) is 0 Å². The molecular formula is C21H23F5. The summed E-state index contributed by atoms with van der Waals surface area (Å²) in [4.78, 5) is 0. The highest BCUT2D eigenvalue weighted by molar-refractivity contribution is 5.74. The van der Waals surface area contributed by atoms with Crippen LogP contribution in [0.4, 0.5) is 22.0 Å². The first-order valence-electron chi connectivity index (χ1n) is 8.68. The van der Waals surface area contributed by atoms with Gasteiger partial charge in [-0.3, -0.25) is 0 Å². The second-order valence-electron chi connectivity index (χ2n) is 7.48. The van der Waals surface area contributed by atoms with Gasteiger partial charge in [0.25, 0.3) is 0 Å². The molecule has 0 radical (unpaired) electrons. The van der Waals surface area contributed by atoms with Crippen LogP contribution in [0.2, 0.25) is 0 Å². The van der Waals surface area contributed by atoms with Gasteiger partial charge < -0.3 is 0 Å². The van der Waals surface area contributed by atoms with Crippen LogP contribution in [-0.2, 0) is 0 Å². The number of benzene rings is 2. The predicted octanol–water partition coefficient (Wildman–Crippen LogP) is 7.42. The Bertz CT molecular complexity index is 777. The van der Waals surface area contributed by atoms with Gasteiger partial charge in [-0.2, -0.15) is 0 Å². The summed E-state index contributed by atoms with van der Waals surface area (Å²) in [6.45, 7) is 11.3. The van der Waals surface area contributed by atoms with Crippen molar-refractivity contribution in [2.75, 3.05) is 0 Å². The van der Waals surface area contributed by atoms with Crippen LogP contribution in [0.15, 0.2) is 12.1 Å². The zero-order chi connectivity index (χ0) is 19.9. The molecule has 26 heavy (non-hydrogen) atoms. The fraction of sp³-hybridized carbons (Fsp3) is 0.429. The van der Waals surface area contributed by atoms with Crippen LogP contribution in [0, 0.1) is 29.1 Å². The van der Waals surface area contributed by atoms with Gasteiger partial charge in [0.15, 0.2) is 23.3 Å². The molecule has 0 N–H and O–H groups in total. The maximum atomic E-state index is 14.5. The first-order chi connectivity index (χ1) is 12.0. The molecule has 5 heteroatoms. The van der Waals surface area contributed by atoms with Crippen molar-refractivity contribution in [3.8, 4) is 11.1 Å². The van der Waals surface area contributed by atoms with Gasteiger partial charge >= 0.3 is 0 Å². The van der Waals surface area contributed by atoms with Gasteiger partial charge in [-0.15, -0.1) is 0 Å². The van der Waals surface area contributed by atoms with Crippen LogP contribution >= 0.6 is 0 Å². The summed E-state index contributed by atoms with van der Waals surface area (Å²) in [6.07, 6.45) is 0. The number of halogens is 5. The fourth-order valence-corrected chi connectivity index (χ4v) is 3.07. The van der Waals surface area contributed by atoms with Gasteiger partial charge in [0.05, 0.1) is 5.56 Å². The molecule has 0 amide bonds. The molecule has 0 aromatic heterocycles. The lowest BCUT2D eigenvalue weighted by Gasteiger charge is -2.24. The van der Waals surface area contributed by atoms with Crippen LogP contribution in [-0.4, -0.2) is 0 Å². The Kier molecular flexibility index (Phi) is 5.79. The van der Waals surface area contributed by atoms with E-state index in [-0.39, 0.29) is 23.3 Å². The van der Waals surface area contributed by atoms with E-state index in [1.807, 2.05) is 41.5 Å². The molecule has 0 bridgehead atoms. The van der Waals surface area contributed by atoms with E-state index in [0.29, 0.717) is 11.1 Å². The minimum Gasteiger partial charge on any atom is -0.203 e. The van der Waals surface area contributed by atoms with Crippen LogP contribution < -0.4 is 0 Å². The molecule has 0 saturated carbocycles. The molecule has 0 aliphatic heterocycles. The third-order valence-corrected chi connectivity index (χ3v) is 4.59. The van der Waals surface area contributed by atoms with Gasteiger partial charge in [0, 0.05) is 0 Å². The third kappa shape index (κ3) is 3.36. The molecule has 0 fully saturated rings. The van der Waals surface area contributed by atoms with Crippen molar-refractivity contribution in [2.24, 2.45) is 0 Å². The molecule has 0 heterocycles. The highest BCUT2D eigenvalue weighted by Crippen LogP contribution is 2.42. The molecule has 2 rings (SSSR count). The van der Waals surface area contributed by atoms with Gasteiger partial charge in [0.2, 0.25) is 5.82 Å². The normalized spacial score (nSPS) is 11.9. The molecule has 0 saturated heterocycles. The summed E-state index contributed by atoms with van der Waals surface area (Å²) in [5, 5.41) is 0. The largest absolute Gasteiger partial charge is 0.203 e. The van der Waals surface area contributed by atoms with Gasteiger partial charge in [-0.05, 0) is 40.0 Å². The number of hydrogen-bond acceptors (Lipinski definition) is 0. The molecular weight excluding hydrogens is 347 g/mol. The van der Waals surface area contributed by atoms with E-state index in [1.54, 1.807) is 12.1 Å². The molecule has 2 aromatic rings. The number of rotatable bonds is 4. The van der Waals surface area contributed by atoms with E-state index >= 15 is 0 Å². The molecule has 0 unspecified atom stereocenters. The van der Waals surface area contributed by atoms with Gasteiger partial charge in [-0.25, -0.2) is 22.0 Å². The Labute approximate surface area is 151 Å². The topological polar surface area (TPSA) is 0 Å². The first-order valence-corrected chi connectivity index (χ1v) is 8.68.